The number of benzene rings is 1. The third-order valence-corrected chi connectivity index (χ3v) is 4.37. The van der Waals surface area contributed by atoms with E-state index in [1.54, 1.807) is 34.3 Å². The third kappa shape index (κ3) is 2.70. The Morgan fingerprint density at radius 1 is 1.26 bits per heavy atom. The SMILES string of the molecule is Oc1ccc(-n2nnnc2Sc2nc(Cl)cs2)cc1. The number of halogens is 1. The third-order valence-electron chi connectivity index (χ3n) is 2.17. The second-order valence-electron chi connectivity index (χ2n) is 3.43. The monoisotopic (exact) mass is 311 g/mol. The summed E-state index contributed by atoms with van der Waals surface area (Å²) in [5, 5.41) is 23.6. The van der Waals surface area contributed by atoms with Crippen molar-refractivity contribution in [3.63, 3.8) is 0 Å². The first kappa shape index (κ1) is 12.4. The number of phenolic OH excluding ortho intramolecular Hbond substituents is 1. The molecule has 0 unspecified atom stereocenters. The molecular formula is C10H6ClN5OS2. The molecule has 2 aromatic heterocycles. The number of nitrogens with zero attached hydrogens (tertiary/aromatic N) is 5. The van der Waals surface area contributed by atoms with Crippen molar-refractivity contribution in [1.29, 1.82) is 0 Å². The van der Waals surface area contributed by atoms with Crippen LogP contribution in [0.3, 0.4) is 0 Å². The predicted molar refractivity (Wildman–Crippen MR) is 72.1 cm³/mol. The van der Waals surface area contributed by atoms with E-state index in [4.69, 9.17) is 11.6 Å². The lowest BCUT2D eigenvalue weighted by molar-refractivity contribution is 0.475. The zero-order valence-electron chi connectivity index (χ0n) is 9.26. The number of phenols is 1. The van der Waals surface area contributed by atoms with Gasteiger partial charge in [-0.15, -0.1) is 16.4 Å². The fourth-order valence-corrected chi connectivity index (χ4v) is 3.25. The maximum absolute atomic E-state index is 9.27. The summed E-state index contributed by atoms with van der Waals surface area (Å²) in [6, 6.07) is 6.60. The van der Waals surface area contributed by atoms with Crippen LogP contribution in [0, 0.1) is 0 Å². The number of aromatic hydroxyl groups is 1. The summed E-state index contributed by atoms with van der Waals surface area (Å²) in [5.74, 6) is 0.192. The van der Waals surface area contributed by atoms with E-state index in [2.05, 4.69) is 20.5 Å². The molecule has 0 aliphatic carbocycles. The summed E-state index contributed by atoms with van der Waals surface area (Å²) in [6.45, 7) is 0. The van der Waals surface area contributed by atoms with Gasteiger partial charge in [-0.25, -0.2) is 4.98 Å². The molecule has 6 nitrogen and oxygen atoms in total. The fourth-order valence-electron chi connectivity index (χ4n) is 1.36. The van der Waals surface area contributed by atoms with E-state index in [0.29, 0.717) is 10.3 Å². The van der Waals surface area contributed by atoms with Crippen LogP contribution in [0.5, 0.6) is 5.75 Å². The molecule has 0 aliphatic heterocycles. The second-order valence-corrected chi connectivity index (χ2v) is 5.89. The van der Waals surface area contributed by atoms with Gasteiger partial charge in [-0.1, -0.05) is 11.6 Å². The topological polar surface area (TPSA) is 76.7 Å². The van der Waals surface area contributed by atoms with E-state index in [9.17, 15) is 5.11 Å². The van der Waals surface area contributed by atoms with Gasteiger partial charge in [0.15, 0.2) is 4.34 Å². The molecule has 0 atom stereocenters. The Bertz CT molecular complexity index is 696. The van der Waals surface area contributed by atoms with Crippen LogP contribution in [-0.2, 0) is 0 Å². The minimum Gasteiger partial charge on any atom is -0.508 e. The molecule has 1 aromatic carbocycles. The van der Waals surface area contributed by atoms with Crippen molar-refractivity contribution in [2.24, 2.45) is 0 Å². The van der Waals surface area contributed by atoms with Crippen LogP contribution in [0.4, 0.5) is 0 Å². The van der Waals surface area contributed by atoms with Crippen LogP contribution in [0.25, 0.3) is 5.69 Å². The first-order chi connectivity index (χ1) is 9.22. The smallest absolute Gasteiger partial charge is 0.221 e. The molecule has 1 N–H and O–H groups in total. The first-order valence-electron chi connectivity index (χ1n) is 5.09. The highest BCUT2D eigenvalue weighted by Crippen LogP contribution is 2.30. The molecule has 0 bridgehead atoms. The Balaban J connectivity index is 1.92. The molecule has 0 amide bonds. The first-order valence-corrected chi connectivity index (χ1v) is 7.16. The van der Waals surface area contributed by atoms with E-state index >= 15 is 0 Å². The van der Waals surface area contributed by atoms with E-state index in [-0.39, 0.29) is 5.75 Å². The van der Waals surface area contributed by atoms with Crippen LogP contribution in [0.15, 0.2) is 39.1 Å². The van der Waals surface area contributed by atoms with E-state index < -0.39 is 0 Å². The van der Waals surface area contributed by atoms with Gasteiger partial charge in [-0.3, -0.25) is 0 Å². The van der Waals surface area contributed by atoms with Gasteiger partial charge < -0.3 is 5.11 Å². The zero-order valence-corrected chi connectivity index (χ0v) is 11.7. The quantitative estimate of drug-likeness (QED) is 0.801. The molecule has 9 heteroatoms. The lowest BCUT2D eigenvalue weighted by Crippen LogP contribution is -1.98. The minimum absolute atomic E-state index is 0.192. The van der Waals surface area contributed by atoms with Gasteiger partial charge in [0.2, 0.25) is 5.16 Å². The number of thiazole rings is 1. The Morgan fingerprint density at radius 2 is 2.05 bits per heavy atom. The molecule has 3 rings (SSSR count). The van der Waals surface area contributed by atoms with Crippen molar-refractivity contribution in [3.05, 3.63) is 34.8 Å². The van der Waals surface area contributed by atoms with Crippen LogP contribution < -0.4 is 0 Å². The molecule has 19 heavy (non-hydrogen) atoms. The summed E-state index contributed by atoms with van der Waals surface area (Å²) < 4.78 is 2.33. The summed E-state index contributed by atoms with van der Waals surface area (Å²) in [7, 11) is 0. The normalized spacial score (nSPS) is 10.8. The van der Waals surface area contributed by atoms with Gasteiger partial charge in [-0.2, -0.15) is 4.68 Å². The van der Waals surface area contributed by atoms with Gasteiger partial charge in [0.1, 0.15) is 10.9 Å². The van der Waals surface area contributed by atoms with Crippen molar-refractivity contribution in [2.75, 3.05) is 0 Å². The molecular weight excluding hydrogens is 306 g/mol. The molecule has 96 valence electrons. The molecule has 0 fully saturated rings. The molecule has 2 heterocycles. The maximum atomic E-state index is 9.27. The second kappa shape index (κ2) is 5.16. The van der Waals surface area contributed by atoms with Crippen molar-refractivity contribution in [3.8, 4) is 11.4 Å². The van der Waals surface area contributed by atoms with Crippen molar-refractivity contribution < 1.29 is 5.11 Å². The molecule has 0 radical (unpaired) electrons. The lowest BCUT2D eigenvalue weighted by atomic mass is 10.3. The Labute approximate surface area is 121 Å². The standard InChI is InChI=1S/C10H6ClN5OS2/c11-8-5-18-10(12-8)19-9-13-14-15-16(9)6-1-3-7(17)4-2-6/h1-5,17H. The number of aromatic nitrogens is 5. The van der Waals surface area contributed by atoms with Gasteiger partial charge in [-0.05, 0) is 46.5 Å². The summed E-state index contributed by atoms with van der Waals surface area (Å²) in [4.78, 5) is 4.13. The van der Waals surface area contributed by atoms with Gasteiger partial charge in [0, 0.05) is 5.38 Å². The Hall–Kier alpha value is -1.64. The van der Waals surface area contributed by atoms with Crippen molar-refractivity contribution >= 4 is 34.7 Å². The summed E-state index contributed by atoms with van der Waals surface area (Å²) >= 11 is 8.53. The average Bonchev–Trinajstić information content (AvgIpc) is 3.00. The van der Waals surface area contributed by atoms with Crippen LogP contribution in [-0.4, -0.2) is 30.3 Å². The van der Waals surface area contributed by atoms with Crippen molar-refractivity contribution in [2.45, 2.75) is 9.50 Å². The number of rotatable bonds is 3. The van der Waals surface area contributed by atoms with Crippen molar-refractivity contribution in [1.82, 2.24) is 25.2 Å². The molecule has 3 aromatic rings. The minimum atomic E-state index is 0.192. The molecule has 0 spiro atoms. The van der Waals surface area contributed by atoms with E-state index in [1.165, 1.54) is 23.1 Å². The number of hydrogen-bond acceptors (Lipinski definition) is 7. The number of tetrazole rings is 1. The van der Waals surface area contributed by atoms with E-state index in [1.807, 2.05) is 0 Å². The number of hydrogen-bond donors (Lipinski definition) is 1. The largest absolute Gasteiger partial charge is 0.508 e. The van der Waals surface area contributed by atoms with Crippen LogP contribution in [0.2, 0.25) is 5.15 Å². The predicted octanol–water partition coefficient (Wildman–Crippen LogP) is 2.63. The summed E-state index contributed by atoms with van der Waals surface area (Å²) in [5.41, 5.74) is 0.757. The lowest BCUT2D eigenvalue weighted by Gasteiger charge is -2.02. The zero-order chi connectivity index (χ0) is 13.2. The maximum Gasteiger partial charge on any atom is 0.221 e. The summed E-state index contributed by atoms with van der Waals surface area (Å²) in [6.07, 6.45) is 0. The van der Waals surface area contributed by atoms with E-state index in [0.717, 1.165) is 10.0 Å². The molecule has 0 saturated carbocycles. The molecule has 0 aliphatic rings. The van der Waals surface area contributed by atoms with Gasteiger partial charge >= 0.3 is 0 Å². The van der Waals surface area contributed by atoms with Gasteiger partial charge in [0.25, 0.3) is 0 Å². The highest BCUT2D eigenvalue weighted by atomic mass is 35.5. The average molecular weight is 312 g/mol. The highest BCUT2D eigenvalue weighted by molar-refractivity contribution is 8.00. The fraction of sp³-hybridized carbons (Fsp3) is 0. The highest BCUT2D eigenvalue weighted by Gasteiger charge is 2.12. The van der Waals surface area contributed by atoms with Crippen LogP contribution in [0.1, 0.15) is 0 Å². The molecule has 0 saturated heterocycles. The van der Waals surface area contributed by atoms with Gasteiger partial charge in [0.05, 0.1) is 5.69 Å². The Morgan fingerprint density at radius 3 is 2.74 bits per heavy atom. The van der Waals surface area contributed by atoms with Crippen LogP contribution >= 0.6 is 34.7 Å². The Kier molecular flexibility index (Phi) is 3.36.